The summed E-state index contributed by atoms with van der Waals surface area (Å²) in [4.78, 5) is 20.2. The van der Waals surface area contributed by atoms with Gasteiger partial charge in [-0.3, -0.25) is 14.7 Å². The van der Waals surface area contributed by atoms with Crippen molar-refractivity contribution in [1.29, 1.82) is 0 Å². The van der Waals surface area contributed by atoms with Crippen LogP contribution >= 0.6 is 0 Å². The molecule has 2 heterocycles. The first-order chi connectivity index (χ1) is 8.61. The Morgan fingerprint density at radius 2 is 2.22 bits per heavy atom. The zero-order valence-electron chi connectivity index (χ0n) is 11.4. The minimum absolute atomic E-state index is 0.0192. The number of pyridine rings is 1. The zero-order valence-corrected chi connectivity index (χ0v) is 11.4. The lowest BCUT2D eigenvalue weighted by Crippen LogP contribution is -2.51. The summed E-state index contributed by atoms with van der Waals surface area (Å²) < 4.78 is 0. The van der Waals surface area contributed by atoms with Crippen LogP contribution in [0, 0.1) is 0 Å². The Morgan fingerprint density at radius 3 is 2.72 bits per heavy atom. The summed E-state index contributed by atoms with van der Waals surface area (Å²) in [6, 6.07) is 4.38. The number of anilines is 1. The van der Waals surface area contributed by atoms with E-state index in [1.54, 1.807) is 6.92 Å². The first kappa shape index (κ1) is 13.0. The van der Waals surface area contributed by atoms with Gasteiger partial charge in [-0.2, -0.15) is 0 Å². The lowest BCUT2D eigenvalue weighted by Gasteiger charge is -2.40. The summed E-state index contributed by atoms with van der Waals surface area (Å²) >= 11 is 0. The first-order valence-corrected chi connectivity index (χ1v) is 6.57. The Labute approximate surface area is 109 Å². The SMILES string of the molecule is CCN1CCN(c2ccc(C(C)=O)nc2)CC1C. The lowest BCUT2D eigenvalue weighted by molar-refractivity contribution is 0.101. The monoisotopic (exact) mass is 247 g/mol. The Hall–Kier alpha value is -1.42. The molecule has 4 heteroatoms. The summed E-state index contributed by atoms with van der Waals surface area (Å²) in [5.41, 5.74) is 1.65. The third-order valence-electron chi connectivity index (χ3n) is 3.64. The van der Waals surface area contributed by atoms with Crippen molar-refractivity contribution in [1.82, 2.24) is 9.88 Å². The predicted molar refractivity (Wildman–Crippen MR) is 73.2 cm³/mol. The molecule has 18 heavy (non-hydrogen) atoms. The average molecular weight is 247 g/mol. The van der Waals surface area contributed by atoms with Crippen molar-refractivity contribution in [3.8, 4) is 0 Å². The highest BCUT2D eigenvalue weighted by Gasteiger charge is 2.22. The van der Waals surface area contributed by atoms with Crippen molar-refractivity contribution in [2.24, 2.45) is 0 Å². The van der Waals surface area contributed by atoms with Crippen LogP contribution in [0.25, 0.3) is 0 Å². The van der Waals surface area contributed by atoms with Gasteiger partial charge in [0.1, 0.15) is 5.69 Å². The fourth-order valence-corrected chi connectivity index (χ4v) is 2.48. The molecule has 0 amide bonds. The molecule has 1 fully saturated rings. The van der Waals surface area contributed by atoms with Gasteiger partial charge in [-0.15, -0.1) is 0 Å². The first-order valence-electron chi connectivity index (χ1n) is 6.57. The maximum absolute atomic E-state index is 11.2. The Kier molecular flexibility index (Phi) is 3.97. The fraction of sp³-hybridized carbons (Fsp3) is 0.571. The number of likely N-dealkylation sites (N-methyl/N-ethyl adjacent to an activating group) is 1. The van der Waals surface area contributed by atoms with Gasteiger partial charge in [-0.25, -0.2) is 0 Å². The van der Waals surface area contributed by atoms with E-state index >= 15 is 0 Å². The van der Waals surface area contributed by atoms with E-state index in [2.05, 4.69) is 28.6 Å². The summed E-state index contributed by atoms with van der Waals surface area (Å²) in [6.45, 7) is 10.3. The molecule has 0 aromatic carbocycles. The smallest absolute Gasteiger partial charge is 0.178 e. The van der Waals surface area contributed by atoms with Crippen LogP contribution in [0.1, 0.15) is 31.3 Å². The van der Waals surface area contributed by atoms with E-state index in [1.807, 2.05) is 18.3 Å². The quantitative estimate of drug-likeness (QED) is 0.763. The number of piperazine rings is 1. The topological polar surface area (TPSA) is 36.4 Å². The third kappa shape index (κ3) is 2.70. The van der Waals surface area contributed by atoms with Crippen molar-refractivity contribution in [2.75, 3.05) is 31.1 Å². The van der Waals surface area contributed by atoms with Gasteiger partial charge in [-0.05, 0) is 25.6 Å². The molecule has 1 aromatic heterocycles. The third-order valence-corrected chi connectivity index (χ3v) is 3.64. The number of rotatable bonds is 3. The fourth-order valence-electron chi connectivity index (χ4n) is 2.48. The lowest BCUT2D eigenvalue weighted by atomic mass is 10.1. The van der Waals surface area contributed by atoms with Crippen LogP contribution in [0.3, 0.4) is 0 Å². The van der Waals surface area contributed by atoms with Gasteiger partial charge in [0.15, 0.2) is 5.78 Å². The summed E-state index contributed by atoms with van der Waals surface area (Å²) in [7, 11) is 0. The van der Waals surface area contributed by atoms with E-state index < -0.39 is 0 Å². The van der Waals surface area contributed by atoms with Gasteiger partial charge in [0, 0.05) is 32.6 Å². The average Bonchev–Trinajstić information content (AvgIpc) is 2.38. The van der Waals surface area contributed by atoms with Gasteiger partial charge in [-0.1, -0.05) is 6.92 Å². The van der Waals surface area contributed by atoms with Crippen molar-refractivity contribution in [3.05, 3.63) is 24.0 Å². The molecule has 0 N–H and O–H groups in total. The van der Waals surface area contributed by atoms with E-state index in [0.29, 0.717) is 11.7 Å². The molecular weight excluding hydrogens is 226 g/mol. The molecule has 1 aliphatic heterocycles. The van der Waals surface area contributed by atoms with Crippen LogP contribution in [0.15, 0.2) is 18.3 Å². The normalized spacial score (nSPS) is 21.1. The minimum Gasteiger partial charge on any atom is -0.367 e. The molecular formula is C14H21N3O. The van der Waals surface area contributed by atoms with E-state index in [-0.39, 0.29) is 5.78 Å². The predicted octanol–water partition coefficient (Wildman–Crippen LogP) is 1.81. The number of nitrogens with zero attached hydrogens (tertiary/aromatic N) is 3. The molecule has 0 spiro atoms. The molecule has 1 saturated heterocycles. The standard InChI is InChI=1S/C14H21N3O/c1-4-16-7-8-17(10-11(16)2)13-5-6-14(12(3)18)15-9-13/h5-6,9,11H,4,7-8,10H2,1-3H3. The number of carbonyl (C=O) groups is 1. The second-order valence-corrected chi connectivity index (χ2v) is 4.88. The molecule has 1 unspecified atom stereocenters. The molecule has 4 nitrogen and oxygen atoms in total. The van der Waals surface area contributed by atoms with Crippen molar-refractivity contribution in [3.63, 3.8) is 0 Å². The van der Waals surface area contributed by atoms with E-state index in [0.717, 1.165) is 31.9 Å². The molecule has 0 bridgehead atoms. The summed E-state index contributed by atoms with van der Waals surface area (Å²) in [5, 5.41) is 0. The maximum atomic E-state index is 11.2. The number of ketones is 1. The van der Waals surface area contributed by atoms with Crippen LogP contribution < -0.4 is 4.90 Å². The number of Topliss-reactive ketones (excluding diaryl/α,β-unsaturated/α-hetero) is 1. The molecule has 1 atom stereocenters. The Morgan fingerprint density at radius 1 is 1.44 bits per heavy atom. The Balaban J connectivity index is 2.06. The van der Waals surface area contributed by atoms with Crippen molar-refractivity contribution >= 4 is 11.5 Å². The molecule has 0 aliphatic carbocycles. The highest BCUT2D eigenvalue weighted by Crippen LogP contribution is 2.18. The van der Waals surface area contributed by atoms with Gasteiger partial charge in [0.2, 0.25) is 0 Å². The second-order valence-electron chi connectivity index (χ2n) is 4.88. The van der Waals surface area contributed by atoms with Crippen LogP contribution in [0.5, 0.6) is 0 Å². The Bertz CT molecular complexity index is 416. The molecule has 0 radical (unpaired) electrons. The minimum atomic E-state index is 0.0192. The number of hydrogen-bond donors (Lipinski definition) is 0. The van der Waals surface area contributed by atoms with Crippen LogP contribution in [-0.2, 0) is 0 Å². The van der Waals surface area contributed by atoms with Gasteiger partial charge >= 0.3 is 0 Å². The van der Waals surface area contributed by atoms with Gasteiger partial charge in [0.05, 0.1) is 11.9 Å². The van der Waals surface area contributed by atoms with E-state index in [4.69, 9.17) is 0 Å². The second kappa shape index (κ2) is 5.48. The van der Waals surface area contributed by atoms with E-state index in [9.17, 15) is 4.79 Å². The van der Waals surface area contributed by atoms with Crippen molar-refractivity contribution < 1.29 is 4.79 Å². The van der Waals surface area contributed by atoms with Crippen LogP contribution in [0.2, 0.25) is 0 Å². The summed E-state index contributed by atoms with van der Waals surface area (Å²) in [6.07, 6.45) is 1.81. The highest BCUT2D eigenvalue weighted by molar-refractivity contribution is 5.92. The number of carbonyl (C=O) groups excluding carboxylic acids is 1. The molecule has 98 valence electrons. The van der Waals surface area contributed by atoms with Crippen LogP contribution in [0.4, 0.5) is 5.69 Å². The largest absolute Gasteiger partial charge is 0.367 e. The van der Waals surface area contributed by atoms with Gasteiger partial charge < -0.3 is 4.90 Å². The van der Waals surface area contributed by atoms with Crippen molar-refractivity contribution in [2.45, 2.75) is 26.8 Å². The zero-order chi connectivity index (χ0) is 13.1. The van der Waals surface area contributed by atoms with E-state index in [1.165, 1.54) is 0 Å². The summed E-state index contributed by atoms with van der Waals surface area (Å²) in [5.74, 6) is 0.0192. The van der Waals surface area contributed by atoms with Gasteiger partial charge in [0.25, 0.3) is 0 Å². The maximum Gasteiger partial charge on any atom is 0.178 e. The molecule has 1 aliphatic rings. The molecule has 1 aromatic rings. The molecule has 0 saturated carbocycles. The number of aromatic nitrogens is 1. The van der Waals surface area contributed by atoms with Crippen LogP contribution in [-0.4, -0.2) is 47.9 Å². The number of hydrogen-bond acceptors (Lipinski definition) is 4. The molecule has 2 rings (SSSR count). The highest BCUT2D eigenvalue weighted by atomic mass is 16.1.